The number of amides is 2. The zero-order valence-corrected chi connectivity index (χ0v) is 45.6. The van der Waals surface area contributed by atoms with Gasteiger partial charge in [0, 0.05) is 62.0 Å². The van der Waals surface area contributed by atoms with Gasteiger partial charge in [-0.05, 0) is 121 Å². The van der Waals surface area contributed by atoms with Gasteiger partial charge >= 0.3 is 12.4 Å². The Kier molecular flexibility index (Phi) is 13.8. The summed E-state index contributed by atoms with van der Waals surface area (Å²) in [6.45, 7) is 2.13. The Morgan fingerprint density at radius 3 is 2.11 bits per heavy atom. The van der Waals surface area contributed by atoms with Crippen LogP contribution in [0.5, 0.6) is 0 Å². The Labute approximate surface area is 475 Å². The second-order valence-corrected chi connectivity index (χ2v) is 21.5. The number of nitriles is 2. The smallest absolute Gasteiger partial charge is 0.375 e. The number of fused-ring (bicyclic) bond motifs is 2. The van der Waals surface area contributed by atoms with Crippen molar-refractivity contribution in [1.29, 1.82) is 10.5 Å². The van der Waals surface area contributed by atoms with Crippen LogP contribution in [0.15, 0.2) is 91.6 Å². The van der Waals surface area contributed by atoms with E-state index in [0.717, 1.165) is 18.6 Å². The van der Waals surface area contributed by atoms with Crippen molar-refractivity contribution < 1.29 is 40.7 Å². The van der Waals surface area contributed by atoms with E-state index in [1.54, 1.807) is 78.3 Å². The minimum Gasteiger partial charge on any atom is -0.375 e. The summed E-state index contributed by atoms with van der Waals surface area (Å²) in [6.07, 6.45) is -2.64. The van der Waals surface area contributed by atoms with E-state index in [1.165, 1.54) is 34.3 Å². The first-order chi connectivity index (χ1) is 40.2. The van der Waals surface area contributed by atoms with Crippen LogP contribution in [-0.2, 0) is 57.4 Å². The van der Waals surface area contributed by atoms with Crippen molar-refractivity contribution in [1.82, 2.24) is 54.2 Å². The Bertz CT molecular complexity index is 4040. The molecule has 1 aliphatic carbocycles. The predicted molar refractivity (Wildman–Crippen MR) is 293 cm³/mol. The summed E-state index contributed by atoms with van der Waals surface area (Å²) in [6, 6.07) is 21.6. The third-order valence-electron chi connectivity index (χ3n) is 16.1. The number of halogens is 6. The molecule has 84 heavy (non-hydrogen) atoms. The van der Waals surface area contributed by atoms with E-state index < -0.39 is 53.8 Å². The number of nitrogens with one attached hydrogen (secondary N) is 2. The highest BCUT2D eigenvalue weighted by molar-refractivity contribution is 6.11. The van der Waals surface area contributed by atoms with Gasteiger partial charge in [0.25, 0.3) is 11.8 Å². The monoisotopic (exact) mass is 1150 g/mol. The molecule has 8 aromatic rings. The second-order valence-electron chi connectivity index (χ2n) is 21.5. The van der Waals surface area contributed by atoms with Crippen molar-refractivity contribution in [3.8, 4) is 57.3 Å². The first-order valence-corrected chi connectivity index (χ1v) is 26.8. The summed E-state index contributed by atoms with van der Waals surface area (Å²) in [4.78, 5) is 42.6. The highest BCUT2D eigenvalue weighted by atomic mass is 19.4. The molecule has 2 N–H and O–H groups in total. The lowest BCUT2D eigenvalue weighted by Gasteiger charge is -2.46. The Balaban J connectivity index is 0.848. The van der Waals surface area contributed by atoms with Crippen molar-refractivity contribution >= 4 is 35.1 Å². The summed E-state index contributed by atoms with van der Waals surface area (Å²) < 4.78 is 98.5. The summed E-state index contributed by atoms with van der Waals surface area (Å²) in [7, 11) is 5.41. The van der Waals surface area contributed by atoms with Crippen molar-refractivity contribution in [3.63, 3.8) is 0 Å². The molecule has 3 aromatic carbocycles. The lowest BCUT2D eigenvalue weighted by atomic mass is 9.71. The van der Waals surface area contributed by atoms with Crippen LogP contribution in [0, 0.1) is 28.1 Å². The number of carbonyl (C=O) groups is 2. The normalized spacial score (nSPS) is 17.4. The van der Waals surface area contributed by atoms with E-state index in [-0.39, 0.29) is 70.6 Å². The highest BCUT2D eigenvalue weighted by Gasteiger charge is 2.44. The minimum atomic E-state index is -4.80. The zero-order valence-electron chi connectivity index (χ0n) is 45.6. The Morgan fingerprint density at radius 1 is 0.750 bits per heavy atom. The lowest BCUT2D eigenvalue weighted by Crippen LogP contribution is -2.63. The van der Waals surface area contributed by atoms with Gasteiger partial charge in [-0.3, -0.25) is 29.0 Å². The van der Waals surface area contributed by atoms with Gasteiger partial charge in [0.2, 0.25) is 0 Å². The molecule has 0 bridgehead atoms. The summed E-state index contributed by atoms with van der Waals surface area (Å²) >= 11 is 0. The number of aromatic nitrogens is 10. The molecule has 2 amide bonds. The average Bonchev–Trinajstić information content (AvgIpc) is 4.10. The van der Waals surface area contributed by atoms with Crippen molar-refractivity contribution in [2.75, 3.05) is 47.2 Å². The molecule has 2 unspecified atom stereocenters. The fraction of sp³-hybridized carbons (Fsp3) is 0.328. The van der Waals surface area contributed by atoms with Crippen molar-refractivity contribution in [2.24, 2.45) is 19.5 Å². The van der Waals surface area contributed by atoms with Gasteiger partial charge in [-0.15, -0.1) is 20.4 Å². The number of anilines is 4. The van der Waals surface area contributed by atoms with E-state index in [1.807, 2.05) is 18.5 Å². The van der Waals surface area contributed by atoms with Crippen LogP contribution in [0.4, 0.5) is 49.6 Å². The number of ether oxygens (including phenoxy) is 1. The van der Waals surface area contributed by atoms with Gasteiger partial charge in [0.1, 0.15) is 35.9 Å². The first-order valence-electron chi connectivity index (χ1n) is 26.8. The molecule has 1 saturated carbocycles. The molecule has 20 nitrogen and oxygen atoms in total. The number of aryl methyl sites for hydroxylation is 2. The number of likely N-dealkylation sites (tertiary alicyclic amines) is 1. The van der Waals surface area contributed by atoms with Gasteiger partial charge in [-0.1, -0.05) is 12.5 Å². The van der Waals surface area contributed by atoms with E-state index in [0.29, 0.717) is 89.0 Å². The number of nitrogens with zero attached hydrogens (tertiary/aromatic N) is 15. The molecular formula is C58H51F6N17O3. The van der Waals surface area contributed by atoms with Crippen LogP contribution in [0.3, 0.4) is 0 Å². The summed E-state index contributed by atoms with van der Waals surface area (Å²) in [5, 5.41) is 48.3. The summed E-state index contributed by atoms with van der Waals surface area (Å²) in [5.74, 6) is 0.320. The predicted octanol–water partition coefficient (Wildman–Crippen LogP) is 9.27. The Morgan fingerprint density at radius 2 is 1.44 bits per heavy atom. The van der Waals surface area contributed by atoms with Crippen LogP contribution >= 0.6 is 0 Å². The van der Waals surface area contributed by atoms with Gasteiger partial charge in [0.05, 0.1) is 84.0 Å². The third-order valence-corrected chi connectivity index (χ3v) is 16.1. The number of hydrogen-bond donors (Lipinski definition) is 2. The van der Waals surface area contributed by atoms with Crippen molar-refractivity contribution in [2.45, 2.75) is 76.9 Å². The number of benzene rings is 3. The topological polar surface area (TPSA) is 230 Å². The molecule has 2 fully saturated rings. The van der Waals surface area contributed by atoms with E-state index >= 15 is 0 Å². The van der Waals surface area contributed by atoms with Crippen LogP contribution in [-0.4, -0.2) is 105 Å². The average molecular weight is 1150 g/mol. The van der Waals surface area contributed by atoms with Gasteiger partial charge < -0.3 is 24.5 Å². The quantitative estimate of drug-likeness (QED) is 0.0859. The SMILES string of the molecule is CCNc1cc(-c2c(-c3nncn3CC3C(Nc4cc(-c5cc(C#N)ccc5-c5nncn5C)cc(N5Cc6c(cccc6C(F)(F)F)C5=O)n4)CN3C)cnn2C)cc(N2Cc3c(cc(COCC4(C#N)CCC4)cc3C(F)(F)F)C2=O)n1. The van der Waals surface area contributed by atoms with Gasteiger partial charge in [-0.2, -0.15) is 42.0 Å². The number of rotatable bonds is 16. The first kappa shape index (κ1) is 55.0. The highest BCUT2D eigenvalue weighted by Crippen LogP contribution is 2.45. The van der Waals surface area contributed by atoms with Crippen LogP contribution in [0.25, 0.3) is 45.2 Å². The number of likely N-dealkylation sites (N-methyl/N-ethyl adjacent to an activating group) is 1. The van der Waals surface area contributed by atoms with Crippen LogP contribution < -0.4 is 20.4 Å². The molecular weight excluding hydrogens is 1100 g/mol. The van der Waals surface area contributed by atoms with E-state index in [4.69, 9.17) is 14.7 Å². The van der Waals surface area contributed by atoms with Gasteiger partial charge in [0.15, 0.2) is 11.6 Å². The fourth-order valence-electron chi connectivity index (χ4n) is 11.6. The lowest BCUT2D eigenvalue weighted by molar-refractivity contribution is -0.139. The molecule has 8 heterocycles. The van der Waals surface area contributed by atoms with E-state index in [9.17, 15) is 46.5 Å². The largest absolute Gasteiger partial charge is 0.416 e. The van der Waals surface area contributed by atoms with Crippen LogP contribution in [0.1, 0.15) is 80.3 Å². The van der Waals surface area contributed by atoms with Crippen molar-refractivity contribution in [3.05, 3.63) is 136 Å². The van der Waals surface area contributed by atoms with Gasteiger partial charge in [-0.25, -0.2) is 9.97 Å². The molecule has 1 saturated heterocycles. The zero-order chi connectivity index (χ0) is 59.0. The molecule has 2 atom stereocenters. The second kappa shape index (κ2) is 21.0. The fourth-order valence-corrected chi connectivity index (χ4v) is 11.6. The maximum absolute atomic E-state index is 14.8. The number of carbonyl (C=O) groups excluding carboxylic acids is 2. The maximum Gasteiger partial charge on any atom is 0.416 e. The molecule has 4 aliphatic rings. The minimum absolute atomic E-state index is 0.0660. The molecule has 3 aliphatic heterocycles. The Hall–Kier alpha value is -9.53. The molecule has 12 rings (SSSR count). The third kappa shape index (κ3) is 9.89. The molecule has 5 aromatic heterocycles. The van der Waals surface area contributed by atoms with E-state index in [2.05, 4.69) is 53.2 Å². The number of pyridine rings is 2. The molecule has 0 radical (unpaired) electrons. The maximum atomic E-state index is 14.8. The number of hydrogen-bond acceptors (Lipinski definition) is 15. The molecule has 0 spiro atoms. The molecule has 428 valence electrons. The van der Waals surface area contributed by atoms with Crippen LogP contribution in [0.2, 0.25) is 0 Å². The summed E-state index contributed by atoms with van der Waals surface area (Å²) in [5.41, 5.74) is 0.514. The number of alkyl halides is 6. The standard InChI is InChI=1S/C58H51F6N17O3/c1-5-67-47-18-35(20-50(72-47)81-24-42-39(55(81)83)15-33(16-44(42)58(62,63)64)27-84-29-56(28-66)12-7-13-56)51-40(22-70-78(51)4)53-75-69-31-79(53)26-46-45(25-76(46)2)71-48-17-34(38-14-32(21-65)10-11-36(38)52-74-68-30-77(52)3)19-49(73-48)80-23-41-37(54(80)82)8-6-9-43(41)57(59,60)61/h6,8-11,14-20,22,30-31,45-46H,5,7,12-13,23-27,29H2,1-4H3,(H,67,72)(H,71,73). The molecule has 26 heteroatoms.